The van der Waals surface area contributed by atoms with E-state index in [1.165, 1.54) is 18.2 Å². The summed E-state index contributed by atoms with van der Waals surface area (Å²) >= 11 is 0. The Morgan fingerprint density at radius 1 is 1.12 bits per heavy atom. The molecular formula is C14H9F4N3O3. The van der Waals surface area contributed by atoms with Crippen LogP contribution in [0, 0.1) is 23.5 Å². The molecule has 1 heterocycles. The normalized spacial score (nSPS) is 10.3. The summed E-state index contributed by atoms with van der Waals surface area (Å²) in [4.78, 5) is 24.7. The second kappa shape index (κ2) is 6.94. The lowest BCUT2D eigenvalue weighted by Gasteiger charge is -2.10. The molecule has 1 aromatic carbocycles. The number of carbonyl (C=O) groups is 2. The minimum absolute atomic E-state index is 0.0374. The molecule has 0 unspecified atom stereocenters. The number of amides is 2. The molecule has 0 saturated carbocycles. The summed E-state index contributed by atoms with van der Waals surface area (Å²) in [6.45, 7) is -0.423. The summed E-state index contributed by atoms with van der Waals surface area (Å²) in [5.74, 6) is -10.5. The van der Waals surface area contributed by atoms with Crippen molar-refractivity contribution in [3.8, 4) is 11.5 Å². The van der Waals surface area contributed by atoms with Crippen molar-refractivity contribution >= 4 is 11.8 Å². The Hall–Kier alpha value is -3.17. The molecule has 0 aliphatic carbocycles. The number of carbonyl (C=O) groups excluding carboxylic acids is 2. The van der Waals surface area contributed by atoms with Gasteiger partial charge in [0.15, 0.2) is 0 Å². The maximum Gasteiger partial charge on any atom is 0.255 e. The summed E-state index contributed by atoms with van der Waals surface area (Å²) in [5.41, 5.74) is 4.84. The molecule has 6 nitrogen and oxygen atoms in total. The number of nitrogens with two attached hydrogens (primary N) is 1. The maximum absolute atomic E-state index is 13.5. The number of ether oxygens (including phenoxy) is 1. The van der Waals surface area contributed by atoms with E-state index in [4.69, 9.17) is 10.5 Å². The summed E-state index contributed by atoms with van der Waals surface area (Å²) in [6, 6.07) is 4.84. The predicted molar refractivity (Wildman–Crippen MR) is 72.1 cm³/mol. The Kier molecular flexibility index (Phi) is 4.97. The molecule has 1 aromatic heterocycles. The van der Waals surface area contributed by atoms with E-state index in [0.717, 1.165) is 6.07 Å². The third kappa shape index (κ3) is 3.77. The highest BCUT2D eigenvalue weighted by molar-refractivity contribution is 5.96. The van der Waals surface area contributed by atoms with E-state index in [9.17, 15) is 27.2 Å². The van der Waals surface area contributed by atoms with E-state index in [0.29, 0.717) is 0 Å². The molecule has 0 aliphatic rings. The van der Waals surface area contributed by atoms with Crippen molar-refractivity contribution in [3.63, 3.8) is 0 Å². The van der Waals surface area contributed by atoms with E-state index >= 15 is 0 Å². The number of aromatic nitrogens is 1. The van der Waals surface area contributed by atoms with Crippen LogP contribution >= 0.6 is 0 Å². The third-order valence-electron chi connectivity index (χ3n) is 2.70. The largest absolute Gasteiger partial charge is 0.451 e. The van der Waals surface area contributed by atoms with Crippen molar-refractivity contribution in [2.75, 3.05) is 6.54 Å². The van der Waals surface area contributed by atoms with Gasteiger partial charge in [0.1, 0.15) is 5.75 Å². The first-order valence-corrected chi connectivity index (χ1v) is 6.34. The van der Waals surface area contributed by atoms with E-state index in [1.54, 1.807) is 0 Å². The Balaban J connectivity index is 2.28. The fourth-order valence-corrected chi connectivity index (χ4v) is 1.65. The van der Waals surface area contributed by atoms with Gasteiger partial charge in [0.25, 0.3) is 17.8 Å². The number of nitrogens with zero attached hydrogens (tertiary/aromatic N) is 1. The van der Waals surface area contributed by atoms with Gasteiger partial charge in [0, 0.05) is 5.56 Å². The molecule has 0 aliphatic heterocycles. The summed E-state index contributed by atoms with van der Waals surface area (Å²) in [7, 11) is 0. The van der Waals surface area contributed by atoms with Crippen LogP contribution in [0.5, 0.6) is 11.5 Å². The summed E-state index contributed by atoms with van der Waals surface area (Å²) in [5, 5.41) is 2.18. The Labute approximate surface area is 132 Å². The minimum Gasteiger partial charge on any atom is -0.451 e. The smallest absolute Gasteiger partial charge is 0.255 e. The van der Waals surface area contributed by atoms with Crippen LogP contribution in [-0.4, -0.2) is 23.3 Å². The molecule has 0 atom stereocenters. The van der Waals surface area contributed by atoms with Crippen LogP contribution in [-0.2, 0) is 4.79 Å². The number of halogens is 4. The fourth-order valence-electron chi connectivity index (χ4n) is 1.65. The molecule has 3 N–H and O–H groups in total. The number of pyridine rings is 1. The number of rotatable bonds is 5. The zero-order valence-electron chi connectivity index (χ0n) is 11.8. The molecule has 2 rings (SSSR count). The first-order chi connectivity index (χ1) is 11.3. The lowest BCUT2D eigenvalue weighted by Crippen LogP contribution is -2.33. The van der Waals surface area contributed by atoms with Gasteiger partial charge in [-0.1, -0.05) is 6.07 Å². The Bertz CT molecular complexity index is 788. The van der Waals surface area contributed by atoms with Crippen LogP contribution in [0.3, 0.4) is 0 Å². The summed E-state index contributed by atoms with van der Waals surface area (Å²) < 4.78 is 57.8. The number of hydrogen-bond donors (Lipinski definition) is 2. The van der Waals surface area contributed by atoms with Crippen LogP contribution in [0.15, 0.2) is 24.3 Å². The minimum atomic E-state index is -1.88. The van der Waals surface area contributed by atoms with Gasteiger partial charge in [0.2, 0.25) is 23.3 Å². The number of primary amides is 1. The lowest BCUT2D eigenvalue weighted by molar-refractivity contribution is -0.117. The molecule has 0 bridgehead atoms. The van der Waals surface area contributed by atoms with E-state index in [1.807, 2.05) is 0 Å². The van der Waals surface area contributed by atoms with Gasteiger partial charge in [-0.2, -0.15) is 22.5 Å². The van der Waals surface area contributed by atoms with Gasteiger partial charge in [-0.05, 0) is 18.2 Å². The van der Waals surface area contributed by atoms with Crippen molar-refractivity contribution in [3.05, 3.63) is 53.4 Å². The quantitative estimate of drug-likeness (QED) is 0.637. The lowest BCUT2D eigenvalue weighted by atomic mass is 10.2. The first kappa shape index (κ1) is 17.2. The van der Waals surface area contributed by atoms with Crippen molar-refractivity contribution in [2.45, 2.75) is 0 Å². The highest BCUT2D eigenvalue weighted by Gasteiger charge is 2.23. The van der Waals surface area contributed by atoms with E-state index in [2.05, 4.69) is 10.3 Å². The molecule has 24 heavy (non-hydrogen) atoms. The highest BCUT2D eigenvalue weighted by Crippen LogP contribution is 2.29. The van der Waals surface area contributed by atoms with Crippen molar-refractivity contribution in [2.24, 2.45) is 5.73 Å². The SMILES string of the molecule is NC(=O)CNC(=O)c1cccc(Oc2c(F)c(F)nc(F)c2F)c1. The molecule has 126 valence electrons. The van der Waals surface area contributed by atoms with E-state index in [-0.39, 0.29) is 11.3 Å². The van der Waals surface area contributed by atoms with E-state index < -0.39 is 47.6 Å². The first-order valence-electron chi connectivity index (χ1n) is 6.34. The monoisotopic (exact) mass is 343 g/mol. The Morgan fingerprint density at radius 3 is 2.33 bits per heavy atom. The number of benzene rings is 1. The van der Waals surface area contributed by atoms with Crippen LogP contribution in [0.25, 0.3) is 0 Å². The summed E-state index contributed by atoms with van der Waals surface area (Å²) in [6.07, 6.45) is 0. The average Bonchev–Trinajstić information content (AvgIpc) is 2.55. The van der Waals surface area contributed by atoms with Gasteiger partial charge < -0.3 is 15.8 Å². The number of nitrogens with one attached hydrogen (secondary N) is 1. The Morgan fingerprint density at radius 2 is 1.75 bits per heavy atom. The van der Waals surface area contributed by atoms with Gasteiger partial charge in [0.05, 0.1) is 6.54 Å². The number of hydrogen-bond acceptors (Lipinski definition) is 4. The molecule has 0 spiro atoms. The highest BCUT2D eigenvalue weighted by atomic mass is 19.2. The molecule has 0 fully saturated rings. The third-order valence-corrected chi connectivity index (χ3v) is 2.70. The van der Waals surface area contributed by atoms with Crippen molar-refractivity contribution in [1.82, 2.24) is 10.3 Å². The molecule has 0 radical (unpaired) electrons. The van der Waals surface area contributed by atoms with Gasteiger partial charge in [-0.15, -0.1) is 0 Å². The van der Waals surface area contributed by atoms with Crippen LogP contribution in [0.1, 0.15) is 10.4 Å². The molecule has 2 aromatic rings. The van der Waals surface area contributed by atoms with Gasteiger partial charge >= 0.3 is 0 Å². The van der Waals surface area contributed by atoms with Crippen LogP contribution < -0.4 is 15.8 Å². The zero-order valence-corrected chi connectivity index (χ0v) is 11.8. The van der Waals surface area contributed by atoms with Gasteiger partial charge in [-0.25, -0.2) is 0 Å². The standard InChI is InChI=1S/C14H9F4N3O3/c15-9-11(10(16)13(18)21-12(9)17)24-7-3-1-2-6(4-7)14(23)20-5-8(19)22/h1-4H,5H2,(H2,19,22)(H,20,23). The molecule has 0 saturated heterocycles. The van der Waals surface area contributed by atoms with Gasteiger partial charge in [-0.3, -0.25) is 9.59 Å². The van der Waals surface area contributed by atoms with Crippen LogP contribution in [0.2, 0.25) is 0 Å². The average molecular weight is 343 g/mol. The van der Waals surface area contributed by atoms with Crippen molar-refractivity contribution < 1.29 is 31.9 Å². The van der Waals surface area contributed by atoms with Crippen molar-refractivity contribution in [1.29, 1.82) is 0 Å². The molecular weight excluding hydrogens is 334 g/mol. The molecule has 2 amide bonds. The maximum atomic E-state index is 13.5. The zero-order chi connectivity index (χ0) is 17.9. The van der Waals surface area contributed by atoms with Crippen LogP contribution in [0.4, 0.5) is 17.6 Å². The molecule has 10 heteroatoms. The second-order valence-electron chi connectivity index (χ2n) is 4.43. The fraction of sp³-hybridized carbons (Fsp3) is 0.0714. The second-order valence-corrected chi connectivity index (χ2v) is 4.43. The predicted octanol–water partition coefficient (Wildman–Crippen LogP) is 1.65. The topological polar surface area (TPSA) is 94.3 Å².